The summed E-state index contributed by atoms with van der Waals surface area (Å²) >= 11 is 0. The number of hydrogen-bond donors (Lipinski definition) is 1. The smallest absolute Gasteiger partial charge is 0.0122 e. The first-order valence-electron chi connectivity index (χ1n) is 8.97. The van der Waals surface area contributed by atoms with Crippen LogP contribution in [0, 0.1) is 23.7 Å². The fraction of sp³-hybridized carbons (Fsp3) is 1.00. The van der Waals surface area contributed by atoms with E-state index in [0.717, 1.165) is 41.8 Å². The van der Waals surface area contributed by atoms with Crippen LogP contribution in [0.15, 0.2) is 0 Å². The Bertz CT molecular complexity index is 305. The Labute approximate surface area is 125 Å². The molecule has 0 radical (unpaired) electrons. The quantitative estimate of drug-likeness (QED) is 0.850. The molecule has 3 rings (SSSR count). The lowest BCUT2D eigenvalue weighted by Crippen LogP contribution is -2.50. The van der Waals surface area contributed by atoms with Crippen LogP contribution < -0.4 is 5.32 Å². The molecule has 20 heavy (non-hydrogen) atoms. The first kappa shape index (κ1) is 14.8. The molecule has 0 aromatic heterocycles. The van der Waals surface area contributed by atoms with E-state index in [9.17, 15) is 0 Å². The summed E-state index contributed by atoms with van der Waals surface area (Å²) in [5.41, 5.74) is 0. The molecular weight excluding hydrogens is 244 g/mol. The molecule has 2 heteroatoms. The van der Waals surface area contributed by atoms with Crippen molar-refractivity contribution in [3.05, 3.63) is 0 Å². The van der Waals surface area contributed by atoms with Crippen molar-refractivity contribution in [3.8, 4) is 0 Å². The van der Waals surface area contributed by atoms with E-state index in [1.807, 2.05) is 0 Å². The third-order valence-corrected chi connectivity index (χ3v) is 6.70. The minimum absolute atomic E-state index is 0.775. The summed E-state index contributed by atoms with van der Waals surface area (Å²) in [6.45, 7) is 4.93. The molecule has 0 spiro atoms. The number of nitrogens with zero attached hydrogens (tertiary/aromatic N) is 1. The van der Waals surface area contributed by atoms with E-state index in [4.69, 9.17) is 0 Å². The second-order valence-corrected chi connectivity index (χ2v) is 8.27. The fourth-order valence-electron chi connectivity index (χ4n) is 5.91. The predicted molar refractivity (Wildman–Crippen MR) is 85.8 cm³/mol. The Morgan fingerprint density at radius 1 is 0.850 bits per heavy atom. The zero-order valence-electron chi connectivity index (χ0n) is 13.9. The Hall–Kier alpha value is -0.0800. The number of hydrogen-bond acceptors (Lipinski definition) is 2. The fourth-order valence-corrected chi connectivity index (χ4v) is 5.91. The molecule has 3 aliphatic rings. The van der Waals surface area contributed by atoms with Gasteiger partial charge in [-0.25, -0.2) is 0 Å². The van der Waals surface area contributed by atoms with Gasteiger partial charge in [0.15, 0.2) is 0 Å². The maximum absolute atomic E-state index is 3.75. The summed E-state index contributed by atoms with van der Waals surface area (Å²) in [5, 5.41) is 3.75. The Kier molecular flexibility index (Phi) is 4.42. The summed E-state index contributed by atoms with van der Waals surface area (Å²) in [6.07, 6.45) is 10.1. The molecule has 2 bridgehead atoms. The van der Waals surface area contributed by atoms with Gasteiger partial charge in [0.2, 0.25) is 0 Å². The number of piperidine rings is 1. The monoisotopic (exact) mass is 278 g/mol. The first-order chi connectivity index (χ1) is 9.58. The van der Waals surface area contributed by atoms with E-state index < -0.39 is 0 Å². The van der Waals surface area contributed by atoms with Gasteiger partial charge in [-0.2, -0.15) is 0 Å². The Morgan fingerprint density at radius 2 is 1.35 bits per heavy atom. The highest BCUT2D eigenvalue weighted by atomic mass is 15.2. The average Bonchev–Trinajstić information content (AvgIpc) is 2.62. The van der Waals surface area contributed by atoms with Crippen LogP contribution in [0.3, 0.4) is 0 Å². The molecule has 0 aromatic carbocycles. The van der Waals surface area contributed by atoms with Gasteiger partial charge < -0.3 is 10.2 Å². The summed E-state index contributed by atoms with van der Waals surface area (Å²) in [5.74, 6) is 3.72. The summed E-state index contributed by atoms with van der Waals surface area (Å²) in [7, 11) is 4.58. The molecule has 116 valence electrons. The lowest BCUT2D eigenvalue weighted by Gasteiger charge is -2.45. The van der Waals surface area contributed by atoms with Gasteiger partial charge in [-0.3, -0.25) is 0 Å². The van der Waals surface area contributed by atoms with Crippen molar-refractivity contribution in [2.75, 3.05) is 14.1 Å². The lowest BCUT2D eigenvalue weighted by molar-refractivity contribution is 0.0751. The minimum Gasteiger partial charge on any atom is -0.316 e. The Balaban J connectivity index is 1.67. The topological polar surface area (TPSA) is 15.3 Å². The van der Waals surface area contributed by atoms with Gasteiger partial charge in [-0.15, -0.1) is 0 Å². The van der Waals surface area contributed by atoms with Crippen LogP contribution >= 0.6 is 0 Å². The zero-order valence-corrected chi connectivity index (χ0v) is 13.9. The molecule has 1 saturated carbocycles. The van der Waals surface area contributed by atoms with Crippen LogP contribution in [0.25, 0.3) is 0 Å². The van der Waals surface area contributed by atoms with E-state index >= 15 is 0 Å². The number of fused-ring (bicyclic) bond motifs is 2. The highest BCUT2D eigenvalue weighted by Crippen LogP contribution is 2.43. The van der Waals surface area contributed by atoms with E-state index in [1.54, 1.807) is 0 Å². The van der Waals surface area contributed by atoms with Crippen LogP contribution in [0.5, 0.6) is 0 Å². The van der Waals surface area contributed by atoms with Crippen molar-refractivity contribution >= 4 is 0 Å². The average molecular weight is 278 g/mol. The molecule has 2 aliphatic heterocycles. The first-order valence-corrected chi connectivity index (χ1v) is 8.97. The molecule has 2 saturated heterocycles. The van der Waals surface area contributed by atoms with Crippen molar-refractivity contribution in [3.63, 3.8) is 0 Å². The predicted octanol–water partition coefficient (Wildman–Crippen LogP) is 3.52. The van der Waals surface area contributed by atoms with Crippen molar-refractivity contribution < 1.29 is 0 Å². The molecular formula is C18H34N2. The van der Waals surface area contributed by atoms with Gasteiger partial charge in [0.05, 0.1) is 0 Å². The Morgan fingerprint density at radius 3 is 1.85 bits per heavy atom. The molecule has 2 heterocycles. The number of rotatable bonds is 3. The standard InChI is InChI=1S/C18H34N2/c1-12-7-13(2)9-14(8-12)18(19-3)15-10-16-5-6-17(11-15)20(16)4/h12-19H,5-11H2,1-4H3. The maximum atomic E-state index is 3.75. The lowest BCUT2D eigenvalue weighted by atomic mass is 9.69. The molecule has 2 nitrogen and oxygen atoms in total. The van der Waals surface area contributed by atoms with Gasteiger partial charge in [0, 0.05) is 18.1 Å². The zero-order chi connectivity index (χ0) is 14.3. The van der Waals surface area contributed by atoms with Crippen molar-refractivity contribution in [2.45, 2.75) is 76.9 Å². The van der Waals surface area contributed by atoms with E-state index in [2.05, 4.69) is 38.2 Å². The summed E-state index contributed by atoms with van der Waals surface area (Å²) in [4.78, 5) is 2.68. The van der Waals surface area contributed by atoms with Crippen LogP contribution in [0.2, 0.25) is 0 Å². The van der Waals surface area contributed by atoms with Crippen molar-refractivity contribution in [2.24, 2.45) is 23.7 Å². The van der Waals surface area contributed by atoms with Crippen LogP contribution in [0.4, 0.5) is 0 Å². The normalized spacial score (nSPS) is 47.4. The SMILES string of the molecule is CNC(C1CC(C)CC(C)C1)C1CC2CCC(C1)N2C. The second kappa shape index (κ2) is 5.96. The molecule has 5 atom stereocenters. The van der Waals surface area contributed by atoms with Crippen LogP contribution in [-0.2, 0) is 0 Å². The van der Waals surface area contributed by atoms with Gasteiger partial charge >= 0.3 is 0 Å². The van der Waals surface area contributed by atoms with Crippen molar-refractivity contribution in [1.82, 2.24) is 10.2 Å². The molecule has 3 fully saturated rings. The van der Waals surface area contributed by atoms with E-state index in [0.29, 0.717) is 0 Å². The van der Waals surface area contributed by atoms with Gasteiger partial charge in [-0.05, 0) is 82.7 Å². The summed E-state index contributed by atoms with van der Waals surface area (Å²) < 4.78 is 0. The third-order valence-electron chi connectivity index (χ3n) is 6.70. The highest BCUT2D eigenvalue weighted by Gasteiger charge is 2.43. The van der Waals surface area contributed by atoms with Crippen LogP contribution in [-0.4, -0.2) is 37.1 Å². The van der Waals surface area contributed by atoms with E-state index in [-0.39, 0.29) is 0 Å². The molecule has 5 unspecified atom stereocenters. The van der Waals surface area contributed by atoms with Crippen molar-refractivity contribution in [1.29, 1.82) is 0 Å². The molecule has 0 aromatic rings. The largest absolute Gasteiger partial charge is 0.316 e. The second-order valence-electron chi connectivity index (χ2n) is 8.27. The number of nitrogens with one attached hydrogen (secondary N) is 1. The van der Waals surface area contributed by atoms with Crippen LogP contribution in [0.1, 0.15) is 58.8 Å². The van der Waals surface area contributed by atoms with Gasteiger partial charge in [0.1, 0.15) is 0 Å². The van der Waals surface area contributed by atoms with Gasteiger partial charge in [-0.1, -0.05) is 13.8 Å². The minimum atomic E-state index is 0.775. The van der Waals surface area contributed by atoms with Gasteiger partial charge in [0.25, 0.3) is 0 Å². The maximum Gasteiger partial charge on any atom is 0.0122 e. The molecule has 1 N–H and O–H groups in total. The molecule has 1 aliphatic carbocycles. The van der Waals surface area contributed by atoms with E-state index in [1.165, 1.54) is 44.9 Å². The molecule has 0 amide bonds. The summed E-state index contributed by atoms with van der Waals surface area (Å²) in [6, 6.07) is 2.54. The highest BCUT2D eigenvalue weighted by molar-refractivity contribution is 4.98. The third kappa shape index (κ3) is 2.78.